The van der Waals surface area contributed by atoms with Gasteiger partial charge in [-0.15, -0.1) is 23.1 Å². The second-order valence-corrected chi connectivity index (χ2v) is 14.9. The molecule has 2 aromatic rings. The van der Waals surface area contributed by atoms with E-state index in [1.807, 2.05) is 28.6 Å². The van der Waals surface area contributed by atoms with Crippen molar-refractivity contribution in [1.82, 2.24) is 19.8 Å². The van der Waals surface area contributed by atoms with E-state index in [-0.39, 0.29) is 34.9 Å². The standard InChI is InChI=1S/C29H34FN9O2S2/c1-17(40)37-7-4-19(12-37)36(2)25-21(10-32)26(35-27(34-25)41-16-28-5-3-6-39(28)11-18(30)8-28)38-14-29(15-38)23-20(9-31)24(33)43-22(23)13-42-29/h18-19H,3-8,11-16,33H2,1-2H3/t18-,19?,28+/m1/s1. The van der Waals surface area contributed by atoms with Crippen LogP contribution in [0.1, 0.15) is 54.2 Å². The molecule has 0 aromatic carbocycles. The van der Waals surface area contributed by atoms with Gasteiger partial charge in [-0.25, -0.2) is 4.39 Å². The molecule has 0 radical (unpaired) electrons. The fraction of sp³-hybridized carbons (Fsp3) is 0.621. The fourth-order valence-electron chi connectivity index (χ4n) is 7.67. The maximum absolute atomic E-state index is 14.4. The molecule has 3 atom stereocenters. The number of thiophene rings is 1. The summed E-state index contributed by atoms with van der Waals surface area (Å²) in [4.78, 5) is 30.8. The highest BCUT2D eigenvalue weighted by Gasteiger charge is 2.54. The van der Waals surface area contributed by atoms with Crippen molar-refractivity contribution in [2.45, 2.75) is 60.9 Å². The number of nitrogens with two attached hydrogens (primary N) is 1. The lowest BCUT2D eigenvalue weighted by molar-refractivity contribution is -0.127. The summed E-state index contributed by atoms with van der Waals surface area (Å²) in [5.41, 5.74) is 7.76. The predicted octanol–water partition coefficient (Wildman–Crippen LogP) is 2.84. The topological polar surface area (TPSA) is 139 Å². The van der Waals surface area contributed by atoms with Crippen molar-refractivity contribution in [2.75, 3.05) is 68.5 Å². The Morgan fingerprint density at radius 3 is 2.74 bits per heavy atom. The Balaban J connectivity index is 1.21. The number of nitriles is 2. The zero-order valence-electron chi connectivity index (χ0n) is 24.3. The van der Waals surface area contributed by atoms with Crippen LogP contribution in [0.5, 0.6) is 6.01 Å². The molecule has 11 nitrogen and oxygen atoms in total. The van der Waals surface area contributed by atoms with Gasteiger partial charge in [-0.05, 0) is 25.8 Å². The summed E-state index contributed by atoms with van der Waals surface area (Å²) in [6, 6.07) is 4.82. The van der Waals surface area contributed by atoms with E-state index in [1.165, 1.54) is 11.3 Å². The highest BCUT2D eigenvalue weighted by molar-refractivity contribution is 8.00. The highest BCUT2D eigenvalue weighted by atomic mass is 32.2. The Kier molecular flexibility index (Phi) is 6.87. The summed E-state index contributed by atoms with van der Waals surface area (Å²) in [5, 5.41) is 20.8. The van der Waals surface area contributed by atoms with Crippen LogP contribution in [0.2, 0.25) is 0 Å². The number of amides is 1. The summed E-state index contributed by atoms with van der Waals surface area (Å²) in [5.74, 6) is 1.79. The van der Waals surface area contributed by atoms with Gasteiger partial charge in [0.25, 0.3) is 0 Å². The van der Waals surface area contributed by atoms with Crippen LogP contribution in [-0.2, 0) is 15.3 Å². The maximum atomic E-state index is 14.4. The molecule has 43 heavy (non-hydrogen) atoms. The molecular formula is C29H34FN9O2S2. The maximum Gasteiger partial charge on any atom is 0.320 e. The summed E-state index contributed by atoms with van der Waals surface area (Å²) >= 11 is 3.30. The first-order chi connectivity index (χ1) is 20.7. The van der Waals surface area contributed by atoms with Crippen LogP contribution in [0.15, 0.2) is 0 Å². The first kappa shape index (κ1) is 28.4. The zero-order chi connectivity index (χ0) is 30.1. The van der Waals surface area contributed by atoms with Gasteiger partial charge in [0.05, 0.1) is 15.8 Å². The zero-order valence-corrected chi connectivity index (χ0v) is 25.9. The molecule has 4 saturated heterocycles. The molecule has 5 aliphatic rings. The van der Waals surface area contributed by atoms with Crippen molar-refractivity contribution >= 4 is 45.6 Å². The highest BCUT2D eigenvalue weighted by Crippen LogP contribution is 2.58. The van der Waals surface area contributed by atoms with Gasteiger partial charge in [-0.2, -0.15) is 20.5 Å². The van der Waals surface area contributed by atoms with E-state index in [0.717, 1.165) is 42.0 Å². The van der Waals surface area contributed by atoms with E-state index in [2.05, 4.69) is 21.9 Å². The minimum absolute atomic E-state index is 0.0136. The monoisotopic (exact) mass is 623 g/mol. The van der Waals surface area contributed by atoms with Crippen molar-refractivity contribution < 1.29 is 13.9 Å². The third-order valence-corrected chi connectivity index (χ3v) is 12.6. The lowest BCUT2D eigenvalue weighted by Gasteiger charge is -2.48. The number of alkyl halides is 1. The average Bonchev–Trinajstić information content (AvgIpc) is 3.76. The number of likely N-dealkylation sites (N-methyl/N-ethyl adjacent to an activating group) is 1. The quantitative estimate of drug-likeness (QED) is 0.508. The van der Waals surface area contributed by atoms with Gasteiger partial charge in [0.2, 0.25) is 5.91 Å². The first-order valence-corrected chi connectivity index (χ1v) is 16.5. The molecule has 1 unspecified atom stereocenters. The third-order valence-electron chi connectivity index (χ3n) is 9.93. The minimum Gasteiger partial charge on any atom is -0.461 e. The normalized spacial score (nSPS) is 27.1. The second-order valence-electron chi connectivity index (χ2n) is 12.4. The molecule has 0 aliphatic carbocycles. The number of carbonyl (C=O) groups is 1. The third kappa shape index (κ3) is 4.49. The van der Waals surface area contributed by atoms with Gasteiger partial charge in [0.1, 0.15) is 35.5 Å². The van der Waals surface area contributed by atoms with Crippen LogP contribution in [-0.4, -0.2) is 96.4 Å². The van der Waals surface area contributed by atoms with E-state index in [9.17, 15) is 19.7 Å². The fourth-order valence-corrected chi connectivity index (χ4v) is 10.5. The van der Waals surface area contributed by atoms with Gasteiger partial charge in [0, 0.05) is 75.4 Å². The smallest absolute Gasteiger partial charge is 0.320 e. The molecule has 1 spiro atoms. The number of ether oxygens (including phenoxy) is 1. The summed E-state index contributed by atoms with van der Waals surface area (Å²) < 4.78 is 20.5. The van der Waals surface area contributed by atoms with E-state index in [1.54, 1.807) is 6.92 Å². The van der Waals surface area contributed by atoms with E-state index >= 15 is 0 Å². The minimum atomic E-state index is -0.870. The summed E-state index contributed by atoms with van der Waals surface area (Å²) in [6.45, 7) is 5.49. The number of anilines is 3. The molecule has 226 valence electrons. The molecule has 2 N–H and O–H groups in total. The molecular weight excluding hydrogens is 590 g/mol. The number of halogens is 1. The lowest BCUT2D eigenvalue weighted by Crippen LogP contribution is -2.57. The van der Waals surface area contributed by atoms with Crippen molar-refractivity contribution in [3.63, 3.8) is 0 Å². The molecule has 0 bridgehead atoms. The van der Waals surface area contributed by atoms with Gasteiger partial charge in [-0.1, -0.05) is 0 Å². The molecule has 7 heterocycles. The Bertz CT molecular complexity index is 1560. The number of nitrogen functional groups attached to an aromatic ring is 1. The van der Waals surface area contributed by atoms with Crippen LogP contribution in [0.4, 0.5) is 21.0 Å². The molecule has 4 fully saturated rings. The summed E-state index contributed by atoms with van der Waals surface area (Å²) in [7, 11) is 1.90. The Morgan fingerprint density at radius 2 is 2.02 bits per heavy atom. The Morgan fingerprint density at radius 1 is 1.23 bits per heavy atom. The first-order valence-electron chi connectivity index (χ1n) is 14.7. The lowest BCUT2D eigenvalue weighted by atomic mass is 9.88. The van der Waals surface area contributed by atoms with Crippen LogP contribution in [0, 0.1) is 22.7 Å². The van der Waals surface area contributed by atoms with Crippen molar-refractivity contribution in [3.8, 4) is 18.1 Å². The number of fused-ring (bicyclic) bond motifs is 3. The van der Waals surface area contributed by atoms with E-state index < -0.39 is 6.17 Å². The largest absolute Gasteiger partial charge is 0.461 e. The van der Waals surface area contributed by atoms with Crippen molar-refractivity contribution in [1.29, 1.82) is 10.5 Å². The van der Waals surface area contributed by atoms with E-state index in [0.29, 0.717) is 66.9 Å². The predicted molar refractivity (Wildman–Crippen MR) is 163 cm³/mol. The van der Waals surface area contributed by atoms with Gasteiger partial charge < -0.3 is 25.2 Å². The Hall–Kier alpha value is -3.33. The van der Waals surface area contributed by atoms with Gasteiger partial charge >= 0.3 is 6.01 Å². The molecule has 7 rings (SSSR count). The Labute approximate surface area is 258 Å². The van der Waals surface area contributed by atoms with Crippen LogP contribution >= 0.6 is 23.1 Å². The molecule has 1 amide bonds. The molecule has 5 aliphatic heterocycles. The van der Waals surface area contributed by atoms with Crippen LogP contribution in [0.25, 0.3) is 0 Å². The van der Waals surface area contributed by atoms with Gasteiger partial charge in [0.15, 0.2) is 11.6 Å². The van der Waals surface area contributed by atoms with Crippen molar-refractivity contribution in [2.24, 2.45) is 0 Å². The summed E-state index contributed by atoms with van der Waals surface area (Å²) in [6.07, 6.45) is 2.20. The second kappa shape index (κ2) is 10.4. The average molecular weight is 624 g/mol. The number of likely N-dealkylation sites (tertiary alicyclic amines) is 1. The number of aromatic nitrogens is 2. The van der Waals surface area contributed by atoms with Gasteiger partial charge in [-0.3, -0.25) is 9.69 Å². The number of hydrogen-bond donors (Lipinski definition) is 1. The van der Waals surface area contributed by atoms with Crippen molar-refractivity contribution in [3.05, 3.63) is 21.6 Å². The van der Waals surface area contributed by atoms with Crippen LogP contribution in [0.3, 0.4) is 0 Å². The number of carbonyl (C=O) groups excluding carboxylic acids is 1. The molecule has 14 heteroatoms. The number of thioether (sulfide) groups is 1. The molecule has 0 saturated carbocycles. The molecule has 2 aromatic heterocycles. The number of rotatable bonds is 6. The van der Waals surface area contributed by atoms with E-state index in [4.69, 9.17) is 20.4 Å². The van der Waals surface area contributed by atoms with Crippen LogP contribution < -0.4 is 20.3 Å². The number of nitrogens with zero attached hydrogens (tertiary/aromatic N) is 8. The number of hydrogen-bond acceptors (Lipinski definition) is 12. The SMILES string of the molecule is CC(=O)N1CCC(N(C)c2nc(OC[C@@]34CCCN3C[C@H](F)C4)nc(N3CC4(C3)SCc3sc(N)c(C#N)c34)c2C#N)C1.